The minimum absolute atomic E-state index is 0.237. The number of rotatable bonds is 3. The van der Waals surface area contributed by atoms with Crippen LogP contribution in [-0.4, -0.2) is 5.91 Å². The minimum Gasteiger partial charge on any atom is -0.351 e. The number of carbonyl (C=O) groups excluding carboxylic acids is 1. The topological polar surface area (TPSA) is 29.1 Å². The molecule has 0 radical (unpaired) electrons. The Bertz CT molecular complexity index is 383. The summed E-state index contributed by atoms with van der Waals surface area (Å²) in [6.45, 7) is 2.94. The molecule has 0 atom stereocenters. The Kier molecular flexibility index (Phi) is 4.62. The molecule has 0 aliphatic heterocycles. The summed E-state index contributed by atoms with van der Waals surface area (Å²) in [7, 11) is 0. The molecule has 1 aromatic heterocycles. The summed E-state index contributed by atoms with van der Waals surface area (Å²) in [6, 6.07) is 4.08. The highest BCUT2D eigenvalue weighted by Crippen LogP contribution is 2.28. The molecule has 1 aliphatic carbocycles. The SMILES string of the molecule is CC1CCC(C(=O)NCc2ccc(Br)s2)CC1. The van der Waals surface area contributed by atoms with E-state index in [1.54, 1.807) is 11.3 Å². The molecule has 2 nitrogen and oxygen atoms in total. The average molecular weight is 316 g/mol. The van der Waals surface area contributed by atoms with Crippen LogP contribution in [0, 0.1) is 11.8 Å². The zero-order chi connectivity index (χ0) is 12.3. The van der Waals surface area contributed by atoms with Crippen molar-refractivity contribution in [2.45, 2.75) is 39.2 Å². The van der Waals surface area contributed by atoms with Gasteiger partial charge in [-0.2, -0.15) is 0 Å². The average Bonchev–Trinajstić information content (AvgIpc) is 2.73. The van der Waals surface area contributed by atoms with Crippen molar-refractivity contribution in [2.24, 2.45) is 11.8 Å². The summed E-state index contributed by atoms with van der Waals surface area (Å²) >= 11 is 5.11. The second-order valence-electron chi connectivity index (χ2n) is 4.88. The largest absolute Gasteiger partial charge is 0.351 e. The van der Waals surface area contributed by atoms with Gasteiger partial charge in [-0.25, -0.2) is 0 Å². The smallest absolute Gasteiger partial charge is 0.223 e. The summed E-state index contributed by atoms with van der Waals surface area (Å²) in [4.78, 5) is 13.2. The molecule has 0 saturated heterocycles. The van der Waals surface area contributed by atoms with Crippen molar-refractivity contribution in [3.8, 4) is 0 Å². The van der Waals surface area contributed by atoms with Crippen LogP contribution in [0.5, 0.6) is 0 Å². The summed E-state index contributed by atoms with van der Waals surface area (Å²) in [5, 5.41) is 3.05. The second kappa shape index (κ2) is 6.01. The Labute approximate surface area is 115 Å². The van der Waals surface area contributed by atoms with Crippen molar-refractivity contribution >= 4 is 33.2 Å². The van der Waals surface area contributed by atoms with Gasteiger partial charge in [-0.1, -0.05) is 6.92 Å². The highest BCUT2D eigenvalue weighted by atomic mass is 79.9. The Morgan fingerprint density at radius 3 is 2.71 bits per heavy atom. The highest BCUT2D eigenvalue weighted by molar-refractivity contribution is 9.11. The third kappa shape index (κ3) is 3.81. The lowest BCUT2D eigenvalue weighted by molar-refractivity contribution is -0.126. The fourth-order valence-corrected chi connectivity index (χ4v) is 3.71. The zero-order valence-corrected chi connectivity index (χ0v) is 12.4. The first-order valence-corrected chi connectivity index (χ1v) is 7.78. The Hall–Kier alpha value is -0.350. The number of hydrogen-bond acceptors (Lipinski definition) is 2. The second-order valence-corrected chi connectivity index (χ2v) is 7.43. The molecule has 0 unspecified atom stereocenters. The fourth-order valence-electron chi connectivity index (χ4n) is 2.29. The summed E-state index contributed by atoms with van der Waals surface area (Å²) < 4.78 is 1.12. The van der Waals surface area contributed by atoms with Crippen molar-refractivity contribution in [1.29, 1.82) is 0 Å². The number of thiophene rings is 1. The van der Waals surface area contributed by atoms with Gasteiger partial charge in [0.2, 0.25) is 5.91 Å². The van der Waals surface area contributed by atoms with Crippen LogP contribution in [0.4, 0.5) is 0 Å². The quantitative estimate of drug-likeness (QED) is 0.899. The van der Waals surface area contributed by atoms with Crippen LogP contribution in [0.15, 0.2) is 15.9 Å². The Balaban J connectivity index is 1.77. The molecule has 1 amide bonds. The molecule has 4 heteroatoms. The number of amides is 1. The lowest BCUT2D eigenvalue weighted by atomic mass is 9.82. The number of hydrogen-bond donors (Lipinski definition) is 1. The van der Waals surface area contributed by atoms with Crippen molar-refractivity contribution in [3.05, 3.63) is 20.8 Å². The van der Waals surface area contributed by atoms with E-state index in [9.17, 15) is 4.79 Å². The molecule has 1 aromatic rings. The van der Waals surface area contributed by atoms with E-state index in [4.69, 9.17) is 0 Å². The monoisotopic (exact) mass is 315 g/mol. The molecule has 17 heavy (non-hydrogen) atoms. The molecule has 0 aromatic carbocycles. The van der Waals surface area contributed by atoms with Gasteiger partial charge >= 0.3 is 0 Å². The molecular weight excluding hydrogens is 298 g/mol. The van der Waals surface area contributed by atoms with Crippen LogP contribution in [0.2, 0.25) is 0 Å². The van der Waals surface area contributed by atoms with E-state index in [0.717, 1.165) is 22.5 Å². The lowest BCUT2D eigenvalue weighted by Crippen LogP contribution is -2.32. The van der Waals surface area contributed by atoms with Crippen LogP contribution in [0.25, 0.3) is 0 Å². The lowest BCUT2D eigenvalue weighted by Gasteiger charge is -2.25. The maximum absolute atomic E-state index is 12.0. The van der Waals surface area contributed by atoms with Gasteiger partial charge in [0.15, 0.2) is 0 Å². The van der Waals surface area contributed by atoms with E-state index < -0.39 is 0 Å². The van der Waals surface area contributed by atoms with Gasteiger partial charge in [0.05, 0.1) is 10.3 Å². The first-order valence-electron chi connectivity index (χ1n) is 6.17. The van der Waals surface area contributed by atoms with Gasteiger partial charge in [-0.3, -0.25) is 4.79 Å². The van der Waals surface area contributed by atoms with Crippen LogP contribution in [0.3, 0.4) is 0 Å². The van der Waals surface area contributed by atoms with E-state index in [0.29, 0.717) is 6.54 Å². The van der Waals surface area contributed by atoms with Crippen molar-refractivity contribution in [3.63, 3.8) is 0 Å². The van der Waals surface area contributed by atoms with Gasteiger partial charge in [0, 0.05) is 10.8 Å². The normalized spacial score (nSPS) is 24.6. The highest BCUT2D eigenvalue weighted by Gasteiger charge is 2.23. The molecule has 94 valence electrons. The van der Waals surface area contributed by atoms with Crippen LogP contribution >= 0.6 is 27.3 Å². The van der Waals surface area contributed by atoms with Gasteiger partial charge < -0.3 is 5.32 Å². The molecule has 0 bridgehead atoms. The third-order valence-electron chi connectivity index (χ3n) is 3.45. The first-order chi connectivity index (χ1) is 8.15. The molecule has 1 saturated carbocycles. The van der Waals surface area contributed by atoms with Gasteiger partial charge in [0.25, 0.3) is 0 Å². The molecule has 0 spiro atoms. The van der Waals surface area contributed by atoms with Gasteiger partial charge in [0.1, 0.15) is 0 Å². The Morgan fingerprint density at radius 1 is 1.41 bits per heavy atom. The van der Waals surface area contributed by atoms with Crippen LogP contribution in [-0.2, 0) is 11.3 Å². The van der Waals surface area contributed by atoms with Crippen LogP contribution in [0.1, 0.15) is 37.5 Å². The Morgan fingerprint density at radius 2 is 2.12 bits per heavy atom. The number of nitrogens with one attached hydrogen (secondary N) is 1. The molecular formula is C13H18BrNOS. The summed E-state index contributed by atoms with van der Waals surface area (Å²) in [5.41, 5.74) is 0. The van der Waals surface area contributed by atoms with Gasteiger partial charge in [-0.15, -0.1) is 11.3 Å². The number of carbonyl (C=O) groups is 1. The first kappa shape index (κ1) is 13.1. The van der Waals surface area contributed by atoms with E-state index in [1.807, 2.05) is 6.07 Å². The fraction of sp³-hybridized carbons (Fsp3) is 0.615. The summed E-state index contributed by atoms with van der Waals surface area (Å²) in [5.74, 6) is 1.28. The number of halogens is 1. The van der Waals surface area contributed by atoms with Crippen LogP contribution < -0.4 is 5.32 Å². The maximum atomic E-state index is 12.0. The van der Waals surface area contributed by atoms with Crippen molar-refractivity contribution in [2.75, 3.05) is 0 Å². The maximum Gasteiger partial charge on any atom is 0.223 e. The van der Waals surface area contributed by atoms with Crippen molar-refractivity contribution in [1.82, 2.24) is 5.32 Å². The zero-order valence-electron chi connectivity index (χ0n) is 10.0. The van der Waals surface area contributed by atoms with Gasteiger partial charge in [-0.05, 0) is 59.7 Å². The standard InChI is InChI=1S/C13H18BrNOS/c1-9-2-4-10(5-3-9)13(16)15-8-11-6-7-12(14)17-11/h6-7,9-10H,2-5,8H2,1H3,(H,15,16). The molecule has 1 aliphatic rings. The van der Waals surface area contributed by atoms with E-state index >= 15 is 0 Å². The molecule has 1 fully saturated rings. The van der Waals surface area contributed by atoms with E-state index in [-0.39, 0.29) is 11.8 Å². The summed E-state index contributed by atoms with van der Waals surface area (Å²) in [6.07, 6.45) is 4.51. The molecule has 1 N–H and O–H groups in total. The van der Waals surface area contributed by atoms with E-state index in [1.165, 1.54) is 17.7 Å². The molecule has 1 heterocycles. The van der Waals surface area contributed by atoms with E-state index in [2.05, 4.69) is 34.2 Å². The minimum atomic E-state index is 0.237. The molecule has 2 rings (SSSR count). The van der Waals surface area contributed by atoms with Crippen molar-refractivity contribution < 1.29 is 4.79 Å². The predicted octanol–water partition coefficient (Wildman–Crippen LogP) is 3.95. The third-order valence-corrected chi connectivity index (χ3v) is 5.08. The predicted molar refractivity (Wildman–Crippen MR) is 75.0 cm³/mol.